The van der Waals surface area contributed by atoms with Crippen LogP contribution in [0, 0.1) is 0 Å². The second-order valence-electron chi connectivity index (χ2n) is 4.69. The standard InChI is InChI=1S/C13H17NO2/c14-13(6-1-2-7-13)10-4-3-5-11-12(10)16-9-8-15-11/h3-5H,1-2,6-9,14H2. The van der Waals surface area contributed by atoms with E-state index in [1.165, 1.54) is 12.8 Å². The van der Waals surface area contributed by atoms with Crippen molar-refractivity contribution in [1.82, 2.24) is 0 Å². The van der Waals surface area contributed by atoms with E-state index in [4.69, 9.17) is 15.2 Å². The molecular weight excluding hydrogens is 202 g/mol. The van der Waals surface area contributed by atoms with Gasteiger partial charge in [-0.05, 0) is 18.9 Å². The largest absolute Gasteiger partial charge is 0.486 e. The van der Waals surface area contributed by atoms with Crippen molar-refractivity contribution in [3.63, 3.8) is 0 Å². The number of fused-ring (bicyclic) bond motifs is 1. The molecule has 0 radical (unpaired) electrons. The lowest BCUT2D eigenvalue weighted by molar-refractivity contribution is 0.167. The Morgan fingerprint density at radius 3 is 2.62 bits per heavy atom. The molecule has 2 N–H and O–H groups in total. The molecule has 86 valence electrons. The van der Waals surface area contributed by atoms with E-state index < -0.39 is 0 Å². The van der Waals surface area contributed by atoms with Crippen molar-refractivity contribution in [3.8, 4) is 11.5 Å². The maximum absolute atomic E-state index is 6.47. The molecule has 0 unspecified atom stereocenters. The van der Waals surface area contributed by atoms with Crippen LogP contribution < -0.4 is 15.2 Å². The fourth-order valence-corrected chi connectivity index (χ4v) is 2.74. The Kier molecular flexibility index (Phi) is 2.28. The zero-order chi connectivity index (χ0) is 11.0. The first-order valence-electron chi connectivity index (χ1n) is 5.98. The summed E-state index contributed by atoms with van der Waals surface area (Å²) in [5, 5.41) is 0. The van der Waals surface area contributed by atoms with Gasteiger partial charge in [-0.15, -0.1) is 0 Å². The smallest absolute Gasteiger partial charge is 0.166 e. The first-order valence-corrected chi connectivity index (χ1v) is 5.98. The maximum atomic E-state index is 6.47. The Morgan fingerprint density at radius 2 is 1.81 bits per heavy atom. The molecule has 1 aliphatic carbocycles. The average Bonchev–Trinajstić information content (AvgIpc) is 2.77. The Labute approximate surface area is 95.5 Å². The molecule has 0 atom stereocenters. The predicted molar refractivity (Wildman–Crippen MR) is 61.8 cm³/mol. The Hall–Kier alpha value is -1.22. The minimum atomic E-state index is -0.202. The zero-order valence-corrected chi connectivity index (χ0v) is 9.37. The minimum Gasteiger partial charge on any atom is -0.486 e. The average molecular weight is 219 g/mol. The number of hydrogen-bond donors (Lipinski definition) is 1. The SMILES string of the molecule is NC1(c2cccc3c2OCCO3)CCCC1. The van der Waals surface area contributed by atoms with E-state index >= 15 is 0 Å². The van der Waals surface area contributed by atoms with Crippen LogP contribution in [0.4, 0.5) is 0 Å². The minimum absolute atomic E-state index is 0.202. The Bertz CT molecular complexity index is 397. The Balaban J connectivity index is 2.06. The summed E-state index contributed by atoms with van der Waals surface area (Å²) in [6.45, 7) is 1.26. The molecule has 1 heterocycles. The van der Waals surface area contributed by atoms with Crippen LogP contribution in [0.25, 0.3) is 0 Å². The summed E-state index contributed by atoms with van der Waals surface area (Å²) in [7, 11) is 0. The Morgan fingerprint density at radius 1 is 1.06 bits per heavy atom. The molecule has 3 nitrogen and oxygen atoms in total. The first kappa shape index (κ1) is 9.97. The van der Waals surface area contributed by atoms with Gasteiger partial charge >= 0.3 is 0 Å². The molecule has 3 heteroatoms. The summed E-state index contributed by atoms with van der Waals surface area (Å²) >= 11 is 0. The van der Waals surface area contributed by atoms with Crippen LogP contribution in [0.1, 0.15) is 31.2 Å². The molecule has 0 aromatic heterocycles. The normalized spacial score (nSPS) is 22.1. The van der Waals surface area contributed by atoms with E-state index in [1.54, 1.807) is 0 Å². The van der Waals surface area contributed by atoms with E-state index in [1.807, 2.05) is 12.1 Å². The molecule has 3 rings (SSSR count). The van der Waals surface area contributed by atoms with E-state index in [9.17, 15) is 0 Å². The van der Waals surface area contributed by atoms with Crippen molar-refractivity contribution < 1.29 is 9.47 Å². The van der Waals surface area contributed by atoms with Crippen LogP contribution in [0.5, 0.6) is 11.5 Å². The number of nitrogens with two attached hydrogens (primary N) is 1. The molecule has 2 aliphatic rings. The van der Waals surface area contributed by atoms with Gasteiger partial charge in [0.2, 0.25) is 0 Å². The molecule has 0 saturated heterocycles. The van der Waals surface area contributed by atoms with Crippen molar-refractivity contribution in [2.75, 3.05) is 13.2 Å². The molecule has 1 aromatic carbocycles. The monoisotopic (exact) mass is 219 g/mol. The third-order valence-electron chi connectivity index (χ3n) is 3.60. The molecule has 1 fully saturated rings. The van der Waals surface area contributed by atoms with Crippen molar-refractivity contribution in [3.05, 3.63) is 23.8 Å². The van der Waals surface area contributed by atoms with Gasteiger partial charge in [0.05, 0.1) is 0 Å². The highest BCUT2D eigenvalue weighted by atomic mass is 16.6. The number of rotatable bonds is 1. The van der Waals surface area contributed by atoms with Gasteiger partial charge in [0.25, 0.3) is 0 Å². The number of benzene rings is 1. The summed E-state index contributed by atoms with van der Waals surface area (Å²) in [5.41, 5.74) is 7.39. The van der Waals surface area contributed by atoms with Crippen molar-refractivity contribution in [2.45, 2.75) is 31.2 Å². The van der Waals surface area contributed by atoms with Gasteiger partial charge in [-0.2, -0.15) is 0 Å². The van der Waals surface area contributed by atoms with Gasteiger partial charge in [0.15, 0.2) is 11.5 Å². The molecular formula is C13H17NO2. The van der Waals surface area contributed by atoms with Crippen LogP contribution in [-0.4, -0.2) is 13.2 Å². The molecule has 0 spiro atoms. The summed E-state index contributed by atoms with van der Waals surface area (Å²) in [6.07, 6.45) is 4.52. The topological polar surface area (TPSA) is 44.5 Å². The lowest BCUT2D eigenvalue weighted by Crippen LogP contribution is -2.34. The lowest BCUT2D eigenvalue weighted by atomic mass is 9.88. The lowest BCUT2D eigenvalue weighted by Gasteiger charge is -2.29. The second-order valence-corrected chi connectivity index (χ2v) is 4.69. The summed E-state index contributed by atoms with van der Waals surface area (Å²) < 4.78 is 11.3. The molecule has 1 aliphatic heterocycles. The third-order valence-corrected chi connectivity index (χ3v) is 3.60. The highest BCUT2D eigenvalue weighted by Gasteiger charge is 2.35. The van der Waals surface area contributed by atoms with E-state index in [0.29, 0.717) is 13.2 Å². The van der Waals surface area contributed by atoms with E-state index in [0.717, 1.165) is 29.9 Å². The molecule has 0 amide bonds. The summed E-state index contributed by atoms with van der Waals surface area (Å²) in [4.78, 5) is 0. The van der Waals surface area contributed by atoms with Gasteiger partial charge in [-0.1, -0.05) is 25.0 Å². The van der Waals surface area contributed by atoms with Crippen LogP contribution in [0.3, 0.4) is 0 Å². The van der Waals surface area contributed by atoms with E-state index in [2.05, 4.69) is 6.07 Å². The number of hydrogen-bond acceptors (Lipinski definition) is 3. The van der Waals surface area contributed by atoms with Crippen molar-refractivity contribution >= 4 is 0 Å². The predicted octanol–water partition coefficient (Wildman–Crippen LogP) is 2.19. The summed E-state index contributed by atoms with van der Waals surface area (Å²) in [6, 6.07) is 6.05. The van der Waals surface area contributed by atoms with Gasteiger partial charge < -0.3 is 15.2 Å². The highest BCUT2D eigenvalue weighted by Crippen LogP contribution is 2.44. The second kappa shape index (κ2) is 3.67. The quantitative estimate of drug-likeness (QED) is 0.787. The van der Waals surface area contributed by atoms with Gasteiger partial charge in [0.1, 0.15) is 13.2 Å². The fraction of sp³-hybridized carbons (Fsp3) is 0.538. The maximum Gasteiger partial charge on any atom is 0.166 e. The number of para-hydroxylation sites is 1. The van der Waals surface area contributed by atoms with Crippen molar-refractivity contribution in [2.24, 2.45) is 5.73 Å². The first-order chi connectivity index (χ1) is 7.80. The van der Waals surface area contributed by atoms with Gasteiger partial charge in [0, 0.05) is 11.1 Å². The molecule has 16 heavy (non-hydrogen) atoms. The zero-order valence-electron chi connectivity index (χ0n) is 9.37. The molecule has 1 aromatic rings. The van der Waals surface area contributed by atoms with Crippen LogP contribution in [0.2, 0.25) is 0 Å². The highest BCUT2D eigenvalue weighted by molar-refractivity contribution is 5.50. The van der Waals surface area contributed by atoms with Gasteiger partial charge in [-0.25, -0.2) is 0 Å². The summed E-state index contributed by atoms with van der Waals surface area (Å²) in [5.74, 6) is 1.72. The molecule has 1 saturated carbocycles. The van der Waals surface area contributed by atoms with E-state index in [-0.39, 0.29) is 5.54 Å². The van der Waals surface area contributed by atoms with Crippen LogP contribution in [-0.2, 0) is 5.54 Å². The van der Waals surface area contributed by atoms with Crippen LogP contribution >= 0.6 is 0 Å². The fourth-order valence-electron chi connectivity index (χ4n) is 2.74. The molecule has 0 bridgehead atoms. The number of ether oxygens (including phenoxy) is 2. The van der Waals surface area contributed by atoms with Gasteiger partial charge in [-0.3, -0.25) is 0 Å². The van der Waals surface area contributed by atoms with Crippen molar-refractivity contribution in [1.29, 1.82) is 0 Å². The third kappa shape index (κ3) is 1.47. The van der Waals surface area contributed by atoms with Crippen LogP contribution in [0.15, 0.2) is 18.2 Å².